The van der Waals surface area contributed by atoms with Gasteiger partial charge in [0, 0.05) is 19.8 Å². The van der Waals surface area contributed by atoms with Gasteiger partial charge in [0.15, 0.2) is 0 Å². The Balaban J connectivity index is 2.29. The highest BCUT2D eigenvalue weighted by molar-refractivity contribution is 6.30. The fraction of sp³-hybridized carbons (Fsp3) is 0.462. The molecule has 0 unspecified atom stereocenters. The highest BCUT2D eigenvalue weighted by Crippen LogP contribution is 2.08. The number of H-pyrrole nitrogens is 1. The number of aryl methyl sites for hydroxylation is 2. The molecule has 0 aliphatic rings. The maximum absolute atomic E-state index is 12.3. The van der Waals surface area contributed by atoms with Crippen LogP contribution in [-0.2, 0) is 26.4 Å². The lowest BCUT2D eigenvalue weighted by Crippen LogP contribution is -2.38. The maximum Gasteiger partial charge on any atom is 0.329 e. The van der Waals surface area contributed by atoms with Crippen LogP contribution in [0.25, 0.3) is 0 Å². The number of nitrogens with zero attached hydrogens (tertiary/aromatic N) is 3. The Morgan fingerprint density at radius 2 is 2.10 bits per heavy atom. The van der Waals surface area contributed by atoms with Crippen molar-refractivity contribution in [2.75, 3.05) is 0 Å². The van der Waals surface area contributed by atoms with E-state index in [0.717, 1.165) is 12.0 Å². The molecule has 0 aliphatic heterocycles. The molecule has 0 bridgehead atoms. The van der Waals surface area contributed by atoms with Crippen molar-refractivity contribution in [3.63, 3.8) is 0 Å². The van der Waals surface area contributed by atoms with E-state index < -0.39 is 5.69 Å². The van der Waals surface area contributed by atoms with E-state index in [1.54, 1.807) is 10.9 Å². The largest absolute Gasteiger partial charge is 0.329 e. The van der Waals surface area contributed by atoms with Crippen LogP contribution in [0.4, 0.5) is 0 Å². The Morgan fingerprint density at radius 1 is 1.35 bits per heavy atom. The average Bonchev–Trinajstić information content (AvgIpc) is 2.80. The predicted octanol–water partition coefficient (Wildman–Crippen LogP) is 1.12. The molecule has 0 aliphatic carbocycles. The second-order valence-electron chi connectivity index (χ2n) is 4.70. The Labute approximate surface area is 121 Å². The van der Waals surface area contributed by atoms with Gasteiger partial charge in [-0.2, -0.15) is 5.10 Å². The van der Waals surface area contributed by atoms with Crippen molar-refractivity contribution in [2.45, 2.75) is 32.7 Å². The summed E-state index contributed by atoms with van der Waals surface area (Å²) >= 11 is 5.92. The minimum atomic E-state index is -0.469. The first-order valence-electron chi connectivity index (χ1n) is 6.52. The molecular weight excluding hydrogens is 280 g/mol. The fourth-order valence-electron chi connectivity index (χ4n) is 2.10. The van der Waals surface area contributed by atoms with Crippen molar-refractivity contribution in [1.29, 1.82) is 0 Å². The zero-order chi connectivity index (χ0) is 14.7. The summed E-state index contributed by atoms with van der Waals surface area (Å²) in [6.45, 7) is 2.27. The van der Waals surface area contributed by atoms with Gasteiger partial charge in [0.25, 0.3) is 5.56 Å². The van der Waals surface area contributed by atoms with Crippen molar-refractivity contribution >= 4 is 11.6 Å². The van der Waals surface area contributed by atoms with Crippen LogP contribution < -0.4 is 11.2 Å². The van der Waals surface area contributed by atoms with Gasteiger partial charge in [0.1, 0.15) is 5.15 Å². The molecule has 0 spiro atoms. The lowest BCUT2D eigenvalue weighted by molar-refractivity contribution is 0.616. The van der Waals surface area contributed by atoms with Crippen LogP contribution in [0, 0.1) is 0 Å². The van der Waals surface area contributed by atoms with Gasteiger partial charge in [0.2, 0.25) is 0 Å². The highest BCUT2D eigenvalue weighted by atomic mass is 35.5. The first-order chi connectivity index (χ1) is 9.52. The van der Waals surface area contributed by atoms with Crippen LogP contribution >= 0.6 is 11.6 Å². The van der Waals surface area contributed by atoms with E-state index in [1.807, 2.05) is 20.2 Å². The van der Waals surface area contributed by atoms with Crippen molar-refractivity contribution < 1.29 is 0 Å². The standard InChI is InChI=1S/C13H17ClN4O2/c1-3-4-10-11(14)16-13(20)18(12(10)19)6-5-9-7-15-17(2)8-9/h7-8H,3-6H2,1-2H3,(H,16,20). The normalized spacial score (nSPS) is 10.9. The van der Waals surface area contributed by atoms with Crippen LogP contribution in [0.3, 0.4) is 0 Å². The second-order valence-corrected chi connectivity index (χ2v) is 5.08. The molecule has 6 nitrogen and oxygen atoms in total. The molecule has 2 aromatic rings. The molecule has 0 fully saturated rings. The molecule has 2 rings (SSSR count). The first kappa shape index (κ1) is 14.6. The van der Waals surface area contributed by atoms with Crippen molar-refractivity contribution in [3.05, 3.63) is 49.5 Å². The first-order valence-corrected chi connectivity index (χ1v) is 6.89. The number of nitrogens with one attached hydrogen (secondary N) is 1. The fourth-order valence-corrected chi connectivity index (χ4v) is 2.35. The average molecular weight is 297 g/mol. The monoisotopic (exact) mass is 296 g/mol. The number of rotatable bonds is 5. The van der Waals surface area contributed by atoms with E-state index in [-0.39, 0.29) is 10.7 Å². The zero-order valence-corrected chi connectivity index (χ0v) is 12.3. The molecule has 108 valence electrons. The lowest BCUT2D eigenvalue weighted by atomic mass is 10.2. The van der Waals surface area contributed by atoms with E-state index >= 15 is 0 Å². The minimum Gasteiger partial charge on any atom is -0.297 e. The van der Waals surface area contributed by atoms with Crippen molar-refractivity contribution in [3.8, 4) is 0 Å². The van der Waals surface area contributed by atoms with Crippen molar-refractivity contribution in [2.24, 2.45) is 7.05 Å². The van der Waals surface area contributed by atoms with Gasteiger partial charge in [-0.1, -0.05) is 24.9 Å². The number of aromatic amines is 1. The molecule has 20 heavy (non-hydrogen) atoms. The number of hydrogen-bond donors (Lipinski definition) is 1. The quantitative estimate of drug-likeness (QED) is 0.840. The summed E-state index contributed by atoms with van der Waals surface area (Å²) in [6, 6.07) is 0. The molecule has 1 N–H and O–H groups in total. The van der Waals surface area contributed by atoms with E-state index in [1.165, 1.54) is 4.57 Å². The summed E-state index contributed by atoms with van der Waals surface area (Å²) in [5, 5.41) is 4.21. The summed E-state index contributed by atoms with van der Waals surface area (Å²) in [5.41, 5.74) is 0.680. The minimum absolute atomic E-state index is 0.152. The van der Waals surface area contributed by atoms with Gasteiger partial charge in [-0.15, -0.1) is 0 Å². The number of aromatic nitrogens is 4. The van der Waals surface area contributed by atoms with E-state index in [0.29, 0.717) is 24.9 Å². The van der Waals surface area contributed by atoms with Crippen molar-refractivity contribution in [1.82, 2.24) is 19.3 Å². The summed E-state index contributed by atoms with van der Waals surface area (Å²) in [6.07, 6.45) is 5.51. The molecule has 2 heterocycles. The van der Waals surface area contributed by atoms with E-state index in [2.05, 4.69) is 10.1 Å². The Kier molecular flexibility index (Phi) is 4.44. The zero-order valence-electron chi connectivity index (χ0n) is 11.5. The molecule has 0 saturated carbocycles. The molecule has 0 atom stereocenters. The Bertz CT molecular complexity index is 714. The number of halogens is 1. The Morgan fingerprint density at radius 3 is 2.70 bits per heavy atom. The second kappa shape index (κ2) is 6.09. The topological polar surface area (TPSA) is 72.7 Å². The highest BCUT2D eigenvalue weighted by Gasteiger charge is 2.12. The summed E-state index contributed by atoms with van der Waals surface area (Å²) < 4.78 is 2.89. The predicted molar refractivity (Wildman–Crippen MR) is 77.2 cm³/mol. The molecule has 0 saturated heterocycles. The molecular formula is C13H17ClN4O2. The summed E-state index contributed by atoms with van der Waals surface area (Å²) in [4.78, 5) is 26.6. The van der Waals surface area contributed by atoms with Gasteiger partial charge >= 0.3 is 5.69 Å². The third kappa shape index (κ3) is 3.01. The van der Waals surface area contributed by atoms with Gasteiger partial charge in [-0.25, -0.2) is 4.79 Å². The van der Waals surface area contributed by atoms with Crippen LogP contribution in [0.15, 0.2) is 22.0 Å². The van der Waals surface area contributed by atoms with E-state index in [4.69, 9.17) is 11.6 Å². The summed E-state index contributed by atoms with van der Waals surface area (Å²) in [7, 11) is 1.82. The SMILES string of the molecule is CCCc1c(Cl)[nH]c(=O)n(CCc2cnn(C)c2)c1=O. The van der Waals surface area contributed by atoms with Crippen LogP contribution in [0.5, 0.6) is 0 Å². The lowest BCUT2D eigenvalue weighted by Gasteiger charge is -2.07. The van der Waals surface area contributed by atoms with Crippen LogP contribution in [-0.4, -0.2) is 19.3 Å². The van der Waals surface area contributed by atoms with Gasteiger partial charge in [-0.05, 0) is 18.4 Å². The smallest absolute Gasteiger partial charge is 0.297 e. The van der Waals surface area contributed by atoms with Crippen LogP contribution in [0.1, 0.15) is 24.5 Å². The molecule has 0 radical (unpaired) electrons. The van der Waals surface area contributed by atoms with Crippen LogP contribution in [0.2, 0.25) is 5.15 Å². The summed E-state index contributed by atoms with van der Waals surface area (Å²) in [5.74, 6) is 0. The van der Waals surface area contributed by atoms with Gasteiger partial charge in [-0.3, -0.25) is 19.0 Å². The molecule has 0 amide bonds. The Hall–Kier alpha value is -1.82. The third-order valence-corrected chi connectivity index (χ3v) is 3.44. The number of hydrogen-bond acceptors (Lipinski definition) is 3. The molecule has 7 heteroatoms. The molecule has 2 aromatic heterocycles. The maximum atomic E-state index is 12.3. The third-order valence-electron chi connectivity index (χ3n) is 3.11. The van der Waals surface area contributed by atoms with Gasteiger partial charge < -0.3 is 0 Å². The van der Waals surface area contributed by atoms with Gasteiger partial charge in [0.05, 0.1) is 11.8 Å². The molecule has 0 aromatic carbocycles. The van der Waals surface area contributed by atoms with E-state index in [9.17, 15) is 9.59 Å².